The molecule has 2 fully saturated rings. The second-order valence-electron chi connectivity index (χ2n) is 7.67. The number of likely N-dealkylation sites (N-methyl/N-ethyl adjacent to an activating group) is 1. The van der Waals surface area contributed by atoms with Crippen LogP contribution in [0.4, 0.5) is 5.82 Å². The summed E-state index contributed by atoms with van der Waals surface area (Å²) in [5, 5.41) is 18.6. The molecule has 1 aromatic rings. The van der Waals surface area contributed by atoms with Crippen molar-refractivity contribution in [3.8, 4) is 6.07 Å². The van der Waals surface area contributed by atoms with Crippen LogP contribution >= 0.6 is 24.0 Å². The second-order valence-corrected chi connectivity index (χ2v) is 9.34. The van der Waals surface area contributed by atoms with Crippen molar-refractivity contribution < 1.29 is 14.7 Å². The van der Waals surface area contributed by atoms with Crippen LogP contribution in [-0.4, -0.2) is 75.4 Å². The molecule has 0 spiro atoms. The molecule has 0 radical (unpaired) electrons. The topological polar surface area (TPSA) is 110 Å². The second kappa shape index (κ2) is 9.85. The Hall–Kier alpha value is -2.68. The van der Waals surface area contributed by atoms with Crippen molar-refractivity contribution in [1.82, 2.24) is 14.4 Å². The number of carboxylic acid groups (broad SMARTS) is 1. The van der Waals surface area contributed by atoms with E-state index in [1.165, 1.54) is 4.90 Å². The van der Waals surface area contributed by atoms with Gasteiger partial charge in [-0.1, -0.05) is 24.0 Å². The molecule has 0 saturated carbocycles. The van der Waals surface area contributed by atoms with Crippen molar-refractivity contribution >= 4 is 52.1 Å². The van der Waals surface area contributed by atoms with Crippen molar-refractivity contribution in [2.75, 3.05) is 44.7 Å². The van der Waals surface area contributed by atoms with Gasteiger partial charge in [-0.05, 0) is 32.5 Å². The number of carboxylic acids is 1. The molecular weight excluding hydrogens is 450 g/mol. The Morgan fingerprint density at radius 2 is 1.94 bits per heavy atom. The van der Waals surface area contributed by atoms with E-state index in [1.54, 1.807) is 17.6 Å². The van der Waals surface area contributed by atoms with Gasteiger partial charge in [0.05, 0.1) is 11.3 Å². The Balaban J connectivity index is 2.14. The minimum absolute atomic E-state index is 0.000454. The van der Waals surface area contributed by atoms with Gasteiger partial charge < -0.3 is 14.9 Å². The molecule has 9 nitrogen and oxygen atoms in total. The van der Waals surface area contributed by atoms with E-state index in [0.29, 0.717) is 45.8 Å². The summed E-state index contributed by atoms with van der Waals surface area (Å²) in [5.74, 6) is -0.680. The van der Waals surface area contributed by atoms with Crippen LogP contribution in [-0.2, 0) is 16.1 Å². The largest absolute Gasteiger partial charge is 0.481 e. The zero-order valence-corrected chi connectivity index (χ0v) is 19.9. The van der Waals surface area contributed by atoms with Gasteiger partial charge in [-0.15, -0.1) is 0 Å². The number of amides is 1. The molecule has 2 aliphatic heterocycles. The number of aliphatic carboxylic acids is 1. The number of hydrogen-bond acceptors (Lipinski definition) is 8. The fourth-order valence-electron chi connectivity index (χ4n) is 3.83. The fraction of sp³-hybridized carbons (Fsp3) is 0.476. The zero-order chi connectivity index (χ0) is 23.6. The number of carbonyl (C=O) groups excluding carboxylic acids is 1. The van der Waals surface area contributed by atoms with E-state index < -0.39 is 5.97 Å². The first-order valence-electron chi connectivity index (χ1n) is 10.3. The van der Waals surface area contributed by atoms with E-state index in [1.807, 2.05) is 20.0 Å². The third-order valence-corrected chi connectivity index (χ3v) is 7.04. The van der Waals surface area contributed by atoms with E-state index in [4.69, 9.17) is 17.3 Å². The number of hydrogen-bond donors (Lipinski definition) is 1. The molecule has 0 unspecified atom stereocenters. The molecule has 1 aromatic heterocycles. The maximum Gasteiger partial charge on any atom is 0.305 e. The van der Waals surface area contributed by atoms with Crippen molar-refractivity contribution in [1.29, 1.82) is 5.26 Å². The van der Waals surface area contributed by atoms with Gasteiger partial charge in [0, 0.05) is 44.8 Å². The number of carbonyl (C=O) groups is 2. The number of aromatic nitrogens is 1. The van der Waals surface area contributed by atoms with Crippen LogP contribution in [0.2, 0.25) is 0 Å². The minimum atomic E-state index is -1.01. The molecule has 11 heteroatoms. The van der Waals surface area contributed by atoms with Gasteiger partial charge in [-0.25, -0.2) is 0 Å². The molecule has 1 N–H and O–H groups in total. The number of thiocarbonyl (C=S) groups is 1. The lowest BCUT2D eigenvalue weighted by molar-refractivity contribution is -0.137. The molecular formula is C21H25N5O4S2. The van der Waals surface area contributed by atoms with Gasteiger partial charge in [0.25, 0.3) is 11.5 Å². The van der Waals surface area contributed by atoms with Crippen LogP contribution in [0.1, 0.15) is 30.0 Å². The molecule has 32 heavy (non-hydrogen) atoms. The maximum atomic E-state index is 13.0. The van der Waals surface area contributed by atoms with Crippen LogP contribution in [0.5, 0.6) is 0 Å². The number of anilines is 1. The summed E-state index contributed by atoms with van der Waals surface area (Å²) in [4.78, 5) is 42.9. The van der Waals surface area contributed by atoms with E-state index in [-0.39, 0.29) is 30.0 Å². The number of thioether (sulfide) groups is 1. The molecule has 0 aliphatic carbocycles. The highest BCUT2D eigenvalue weighted by atomic mass is 32.2. The summed E-state index contributed by atoms with van der Waals surface area (Å²) in [7, 11) is 2.04. The zero-order valence-electron chi connectivity index (χ0n) is 18.3. The lowest BCUT2D eigenvalue weighted by atomic mass is 10.0. The molecule has 3 rings (SSSR count). The standard InChI is InChI=1S/C21H25N5O4S2/c1-4-25-18(24-9-7-23(3)8-10-24)14(13(2)15(12-22)19(25)29)11-16-20(30)26(21(31)32-16)6-5-17(27)28/h11H,4-10H2,1-3H3,(H,27,28). The smallest absolute Gasteiger partial charge is 0.305 e. The minimum Gasteiger partial charge on any atom is -0.481 e. The maximum absolute atomic E-state index is 13.0. The molecule has 2 saturated heterocycles. The monoisotopic (exact) mass is 475 g/mol. The third-order valence-electron chi connectivity index (χ3n) is 5.66. The van der Waals surface area contributed by atoms with Gasteiger partial charge >= 0.3 is 5.97 Å². The average molecular weight is 476 g/mol. The molecule has 0 atom stereocenters. The van der Waals surface area contributed by atoms with E-state index >= 15 is 0 Å². The van der Waals surface area contributed by atoms with Gasteiger partial charge in [0.2, 0.25) is 0 Å². The highest BCUT2D eigenvalue weighted by Crippen LogP contribution is 2.36. The van der Waals surface area contributed by atoms with Crippen molar-refractivity contribution in [2.24, 2.45) is 0 Å². The first-order valence-corrected chi connectivity index (χ1v) is 11.5. The van der Waals surface area contributed by atoms with E-state index in [9.17, 15) is 19.6 Å². The quantitative estimate of drug-likeness (QED) is 0.483. The number of rotatable bonds is 6. The Morgan fingerprint density at radius 1 is 1.28 bits per heavy atom. The van der Waals surface area contributed by atoms with Crippen LogP contribution in [0.25, 0.3) is 6.08 Å². The first kappa shape index (κ1) is 24.0. The summed E-state index contributed by atoms with van der Waals surface area (Å²) in [6.07, 6.45) is 1.49. The van der Waals surface area contributed by atoms with Crippen molar-refractivity contribution in [3.05, 3.63) is 31.9 Å². The van der Waals surface area contributed by atoms with Crippen LogP contribution in [0.15, 0.2) is 9.70 Å². The molecule has 0 aromatic carbocycles. The fourth-order valence-corrected chi connectivity index (χ4v) is 5.12. The number of pyridine rings is 1. The molecule has 2 aliphatic rings. The van der Waals surface area contributed by atoms with Crippen LogP contribution in [0, 0.1) is 18.3 Å². The summed E-state index contributed by atoms with van der Waals surface area (Å²) >= 11 is 6.40. The highest BCUT2D eigenvalue weighted by Gasteiger charge is 2.33. The predicted octanol–water partition coefficient (Wildman–Crippen LogP) is 1.48. The third kappa shape index (κ3) is 4.57. The van der Waals surface area contributed by atoms with Gasteiger partial charge in [-0.2, -0.15) is 5.26 Å². The Kier molecular flexibility index (Phi) is 7.38. The van der Waals surface area contributed by atoms with E-state index in [0.717, 1.165) is 24.9 Å². The van der Waals surface area contributed by atoms with Crippen LogP contribution in [0.3, 0.4) is 0 Å². The van der Waals surface area contributed by atoms with Crippen molar-refractivity contribution in [2.45, 2.75) is 26.8 Å². The Morgan fingerprint density at radius 3 is 2.50 bits per heavy atom. The Labute approximate surface area is 195 Å². The number of nitriles is 1. The normalized spacial score (nSPS) is 18.5. The summed E-state index contributed by atoms with van der Waals surface area (Å²) < 4.78 is 1.89. The Bertz CT molecular complexity index is 1100. The lowest BCUT2D eigenvalue weighted by Crippen LogP contribution is -2.47. The lowest BCUT2D eigenvalue weighted by Gasteiger charge is -2.36. The summed E-state index contributed by atoms with van der Waals surface area (Å²) in [6, 6.07) is 2.02. The predicted molar refractivity (Wildman–Crippen MR) is 128 cm³/mol. The number of piperazine rings is 1. The van der Waals surface area contributed by atoms with Gasteiger partial charge in [-0.3, -0.25) is 23.9 Å². The van der Waals surface area contributed by atoms with Crippen LogP contribution < -0.4 is 10.5 Å². The summed E-state index contributed by atoms with van der Waals surface area (Å²) in [6.45, 7) is 7.03. The molecule has 0 bridgehead atoms. The average Bonchev–Trinajstić information content (AvgIpc) is 3.01. The van der Waals surface area contributed by atoms with E-state index in [2.05, 4.69) is 9.80 Å². The van der Waals surface area contributed by atoms with Gasteiger partial charge in [0.15, 0.2) is 0 Å². The first-order chi connectivity index (χ1) is 15.2. The number of nitrogens with zero attached hydrogens (tertiary/aromatic N) is 5. The highest BCUT2D eigenvalue weighted by molar-refractivity contribution is 8.26. The SMILES string of the molecule is CCn1c(N2CCN(C)CC2)c(C=C2SC(=S)N(CCC(=O)O)C2=O)c(C)c(C#N)c1=O. The van der Waals surface area contributed by atoms with Crippen molar-refractivity contribution in [3.63, 3.8) is 0 Å². The molecule has 3 heterocycles. The van der Waals surface area contributed by atoms with Gasteiger partial charge in [0.1, 0.15) is 21.8 Å². The molecule has 1 amide bonds. The summed E-state index contributed by atoms with van der Waals surface area (Å²) in [5.41, 5.74) is 0.878. The molecule has 170 valence electrons.